The molecule has 0 aliphatic carbocycles. The van der Waals surface area contributed by atoms with Crippen LogP contribution in [0.1, 0.15) is 52.4 Å². The number of amides is 1. The Labute approximate surface area is 193 Å². The van der Waals surface area contributed by atoms with Crippen molar-refractivity contribution in [2.24, 2.45) is 5.92 Å². The monoisotopic (exact) mass is 460 g/mol. The van der Waals surface area contributed by atoms with E-state index in [0.717, 1.165) is 19.3 Å². The van der Waals surface area contributed by atoms with Gasteiger partial charge in [-0.1, -0.05) is 63.4 Å². The van der Waals surface area contributed by atoms with Crippen LogP contribution in [0.2, 0.25) is 0 Å². The molecule has 32 heavy (non-hydrogen) atoms. The fourth-order valence-corrected chi connectivity index (χ4v) is 4.47. The quantitative estimate of drug-likeness (QED) is 0.412. The summed E-state index contributed by atoms with van der Waals surface area (Å²) in [5.74, 6) is 1.53. The number of hydrogen-bond donors (Lipinski definition) is 1. The average molecular weight is 461 g/mol. The van der Waals surface area contributed by atoms with Gasteiger partial charge in [-0.15, -0.1) is 0 Å². The SMILES string of the molecule is CCCC[C@H](CC)CNC(=O)CCCN(c1ccccc1Oc1ccccc1)S(C)(=O)=O. The van der Waals surface area contributed by atoms with E-state index in [0.29, 0.717) is 36.1 Å². The van der Waals surface area contributed by atoms with Gasteiger partial charge in [0.2, 0.25) is 15.9 Å². The van der Waals surface area contributed by atoms with Crippen LogP contribution in [0.15, 0.2) is 54.6 Å². The van der Waals surface area contributed by atoms with E-state index in [1.54, 1.807) is 24.3 Å². The van der Waals surface area contributed by atoms with E-state index in [1.165, 1.54) is 17.0 Å². The number of anilines is 1. The first kappa shape index (κ1) is 25.7. The van der Waals surface area contributed by atoms with Crippen LogP contribution in [0.3, 0.4) is 0 Å². The number of carbonyl (C=O) groups is 1. The molecule has 1 N–H and O–H groups in total. The predicted octanol–water partition coefficient (Wildman–Crippen LogP) is 5.36. The van der Waals surface area contributed by atoms with Crippen molar-refractivity contribution < 1.29 is 17.9 Å². The van der Waals surface area contributed by atoms with E-state index < -0.39 is 10.0 Å². The minimum atomic E-state index is -3.55. The van der Waals surface area contributed by atoms with Gasteiger partial charge in [-0.2, -0.15) is 0 Å². The number of nitrogens with one attached hydrogen (secondary N) is 1. The molecule has 0 heterocycles. The molecule has 6 nitrogen and oxygen atoms in total. The Bertz CT molecular complexity index is 932. The highest BCUT2D eigenvalue weighted by Crippen LogP contribution is 2.33. The number of nitrogens with zero attached hydrogens (tertiary/aromatic N) is 1. The molecule has 176 valence electrons. The van der Waals surface area contributed by atoms with E-state index >= 15 is 0 Å². The summed E-state index contributed by atoms with van der Waals surface area (Å²) in [7, 11) is -3.55. The van der Waals surface area contributed by atoms with E-state index in [9.17, 15) is 13.2 Å². The smallest absolute Gasteiger partial charge is 0.232 e. The molecule has 7 heteroatoms. The Morgan fingerprint density at radius 2 is 1.72 bits per heavy atom. The van der Waals surface area contributed by atoms with Gasteiger partial charge in [-0.3, -0.25) is 9.10 Å². The first-order chi connectivity index (χ1) is 15.3. The molecule has 0 spiro atoms. The number of sulfonamides is 1. The highest BCUT2D eigenvalue weighted by Gasteiger charge is 2.21. The highest BCUT2D eigenvalue weighted by atomic mass is 32.2. The van der Waals surface area contributed by atoms with Gasteiger partial charge in [0.15, 0.2) is 5.75 Å². The van der Waals surface area contributed by atoms with E-state index in [1.807, 2.05) is 30.3 Å². The average Bonchev–Trinajstić information content (AvgIpc) is 2.77. The summed E-state index contributed by atoms with van der Waals surface area (Å²) in [6.45, 7) is 5.20. The van der Waals surface area contributed by atoms with Crippen LogP contribution < -0.4 is 14.4 Å². The molecule has 0 aliphatic rings. The number of rotatable bonds is 14. The minimum absolute atomic E-state index is 0.0396. The molecule has 0 bridgehead atoms. The van der Waals surface area contributed by atoms with Crippen LogP contribution >= 0.6 is 0 Å². The molecule has 2 aromatic carbocycles. The molecule has 2 rings (SSSR count). The summed E-state index contributed by atoms with van der Waals surface area (Å²) in [5, 5.41) is 3.01. The second-order valence-corrected chi connectivity index (χ2v) is 9.95. The van der Waals surface area contributed by atoms with Gasteiger partial charge in [0.05, 0.1) is 11.9 Å². The number of ether oxygens (including phenoxy) is 1. The number of unbranched alkanes of at least 4 members (excludes halogenated alkanes) is 1. The molecule has 1 atom stereocenters. The maximum atomic E-state index is 12.5. The van der Waals surface area contributed by atoms with Crippen LogP contribution in [-0.4, -0.2) is 33.7 Å². The number of hydrogen-bond acceptors (Lipinski definition) is 4. The van der Waals surface area contributed by atoms with Gasteiger partial charge >= 0.3 is 0 Å². The molecule has 1 amide bonds. The van der Waals surface area contributed by atoms with Crippen LogP contribution in [-0.2, 0) is 14.8 Å². The maximum absolute atomic E-state index is 12.5. The lowest BCUT2D eigenvalue weighted by atomic mass is 9.99. The van der Waals surface area contributed by atoms with Gasteiger partial charge in [-0.25, -0.2) is 8.42 Å². The van der Waals surface area contributed by atoms with Crippen molar-refractivity contribution in [1.29, 1.82) is 0 Å². The summed E-state index contributed by atoms with van der Waals surface area (Å²) in [6.07, 6.45) is 6.35. The molecule has 0 unspecified atom stereocenters. The molecular weight excluding hydrogens is 424 g/mol. The third-order valence-electron chi connectivity index (χ3n) is 5.40. The van der Waals surface area contributed by atoms with Crippen LogP contribution in [0, 0.1) is 5.92 Å². The lowest BCUT2D eigenvalue weighted by Gasteiger charge is -2.24. The Balaban J connectivity index is 2.00. The zero-order chi connectivity index (χ0) is 23.4. The van der Waals surface area contributed by atoms with Crippen molar-refractivity contribution in [2.45, 2.75) is 52.4 Å². The maximum Gasteiger partial charge on any atom is 0.232 e. The molecule has 0 fully saturated rings. The van der Waals surface area contributed by atoms with Gasteiger partial charge in [0.1, 0.15) is 5.75 Å². The van der Waals surface area contributed by atoms with Gasteiger partial charge in [0.25, 0.3) is 0 Å². The second kappa shape index (κ2) is 13.1. The second-order valence-electron chi connectivity index (χ2n) is 8.04. The van der Waals surface area contributed by atoms with Crippen molar-refractivity contribution in [3.8, 4) is 11.5 Å². The lowest BCUT2D eigenvalue weighted by Crippen LogP contribution is -2.33. The Hall–Kier alpha value is -2.54. The molecule has 0 saturated carbocycles. The van der Waals surface area contributed by atoms with Gasteiger partial charge < -0.3 is 10.1 Å². The van der Waals surface area contributed by atoms with Crippen LogP contribution in [0.4, 0.5) is 5.69 Å². The van der Waals surface area contributed by atoms with Crippen molar-refractivity contribution in [3.05, 3.63) is 54.6 Å². The zero-order valence-corrected chi connectivity index (χ0v) is 20.2. The van der Waals surface area contributed by atoms with Gasteiger partial charge in [0, 0.05) is 19.5 Å². The topological polar surface area (TPSA) is 75.7 Å². The first-order valence-corrected chi connectivity index (χ1v) is 13.3. The van der Waals surface area contributed by atoms with E-state index in [2.05, 4.69) is 19.2 Å². The fraction of sp³-hybridized carbons (Fsp3) is 0.480. The number of carbonyl (C=O) groups excluding carboxylic acids is 1. The summed E-state index contributed by atoms with van der Waals surface area (Å²) in [4.78, 5) is 12.3. The Kier molecular flexibility index (Phi) is 10.5. The van der Waals surface area contributed by atoms with E-state index in [4.69, 9.17) is 4.74 Å². The fourth-order valence-electron chi connectivity index (χ4n) is 3.50. The zero-order valence-electron chi connectivity index (χ0n) is 19.4. The van der Waals surface area contributed by atoms with Crippen LogP contribution in [0.5, 0.6) is 11.5 Å². The Morgan fingerprint density at radius 3 is 2.38 bits per heavy atom. The van der Waals surface area contributed by atoms with Gasteiger partial charge in [-0.05, 0) is 43.0 Å². The van der Waals surface area contributed by atoms with E-state index in [-0.39, 0.29) is 18.9 Å². The third-order valence-corrected chi connectivity index (χ3v) is 6.58. The molecule has 0 aliphatic heterocycles. The minimum Gasteiger partial charge on any atom is -0.455 e. The molecule has 0 saturated heterocycles. The highest BCUT2D eigenvalue weighted by molar-refractivity contribution is 7.92. The largest absolute Gasteiger partial charge is 0.455 e. The summed E-state index contributed by atoms with van der Waals surface area (Å²) < 4.78 is 32.3. The molecule has 0 aromatic heterocycles. The summed E-state index contributed by atoms with van der Waals surface area (Å²) >= 11 is 0. The molecular formula is C25H36N2O4S. The Morgan fingerprint density at radius 1 is 1.03 bits per heavy atom. The number of para-hydroxylation sites is 3. The lowest BCUT2D eigenvalue weighted by molar-refractivity contribution is -0.121. The summed E-state index contributed by atoms with van der Waals surface area (Å²) in [5.41, 5.74) is 0.463. The van der Waals surface area contributed by atoms with Crippen molar-refractivity contribution >= 4 is 21.6 Å². The molecule has 0 radical (unpaired) electrons. The molecule has 2 aromatic rings. The van der Waals surface area contributed by atoms with Crippen molar-refractivity contribution in [2.75, 3.05) is 23.7 Å². The normalized spacial score (nSPS) is 12.2. The van der Waals surface area contributed by atoms with Crippen LogP contribution in [0.25, 0.3) is 0 Å². The predicted molar refractivity (Wildman–Crippen MR) is 131 cm³/mol. The number of benzene rings is 2. The third kappa shape index (κ3) is 8.54. The van der Waals surface area contributed by atoms with Crippen molar-refractivity contribution in [1.82, 2.24) is 5.32 Å². The summed E-state index contributed by atoms with van der Waals surface area (Å²) in [6, 6.07) is 16.3. The van der Waals surface area contributed by atoms with Crippen molar-refractivity contribution in [3.63, 3.8) is 0 Å². The standard InChI is InChI=1S/C25H36N2O4S/c1-4-6-13-21(5-2)20-26-25(28)18-12-19-27(32(3,29)30)23-16-10-11-17-24(23)31-22-14-8-7-9-15-22/h7-11,14-17,21H,4-6,12-13,18-20H2,1-3H3,(H,26,28)/t21-/m0/s1. The first-order valence-electron chi connectivity index (χ1n) is 11.4.